The summed E-state index contributed by atoms with van der Waals surface area (Å²) in [6, 6.07) is 6.94. The van der Waals surface area contributed by atoms with Crippen molar-refractivity contribution in [1.29, 1.82) is 0 Å². The molecule has 2 aliphatic rings. The monoisotopic (exact) mass is 399 g/mol. The van der Waals surface area contributed by atoms with E-state index in [0.29, 0.717) is 12.0 Å². The van der Waals surface area contributed by atoms with Gasteiger partial charge in [-0.2, -0.15) is 0 Å². The van der Waals surface area contributed by atoms with Gasteiger partial charge >= 0.3 is 0 Å². The van der Waals surface area contributed by atoms with E-state index in [0.717, 1.165) is 58.0 Å². The molecule has 1 aromatic heterocycles. The second-order valence-corrected chi connectivity index (χ2v) is 8.94. The van der Waals surface area contributed by atoms with Crippen molar-refractivity contribution < 1.29 is 9.64 Å². The quantitative estimate of drug-likeness (QED) is 0.799. The lowest BCUT2D eigenvalue weighted by molar-refractivity contribution is -0.937. The first-order valence-electron chi connectivity index (χ1n) is 11.1. The van der Waals surface area contributed by atoms with Crippen LogP contribution in [0.3, 0.4) is 0 Å². The summed E-state index contributed by atoms with van der Waals surface area (Å²) in [4.78, 5) is 4.13. The summed E-state index contributed by atoms with van der Waals surface area (Å²) in [5, 5.41) is 12.8. The van der Waals surface area contributed by atoms with E-state index in [1.807, 2.05) is 4.68 Å². The molecule has 158 valence electrons. The first-order valence-corrected chi connectivity index (χ1v) is 11.1. The van der Waals surface area contributed by atoms with E-state index in [-0.39, 0.29) is 6.10 Å². The second kappa shape index (κ2) is 8.79. The van der Waals surface area contributed by atoms with Crippen molar-refractivity contribution >= 4 is 5.69 Å². The van der Waals surface area contributed by atoms with Crippen molar-refractivity contribution in [3.05, 3.63) is 35.2 Å². The van der Waals surface area contributed by atoms with Crippen LogP contribution in [0.5, 0.6) is 0 Å². The number of anilines is 1. The number of piperazine rings is 1. The van der Waals surface area contributed by atoms with E-state index in [1.165, 1.54) is 16.8 Å². The highest BCUT2D eigenvalue weighted by Crippen LogP contribution is 2.24. The average molecular weight is 400 g/mol. The van der Waals surface area contributed by atoms with Gasteiger partial charge in [0.05, 0.1) is 38.8 Å². The van der Waals surface area contributed by atoms with Crippen LogP contribution in [0.2, 0.25) is 0 Å². The summed E-state index contributed by atoms with van der Waals surface area (Å²) >= 11 is 0. The molecule has 2 saturated heterocycles. The Labute approximate surface area is 174 Å². The molecular formula is C22H35N6O+. The van der Waals surface area contributed by atoms with Gasteiger partial charge < -0.3 is 14.5 Å². The molecule has 2 aromatic rings. The highest BCUT2D eigenvalue weighted by molar-refractivity contribution is 5.56. The molecule has 0 unspecified atom stereocenters. The number of rotatable bonds is 6. The van der Waals surface area contributed by atoms with Crippen LogP contribution in [-0.2, 0) is 11.3 Å². The van der Waals surface area contributed by atoms with Crippen LogP contribution in [0.25, 0.3) is 0 Å². The maximum atomic E-state index is 5.82. The number of benzene rings is 1. The fourth-order valence-corrected chi connectivity index (χ4v) is 4.92. The molecule has 4 rings (SSSR count). The van der Waals surface area contributed by atoms with Crippen LogP contribution < -0.4 is 9.80 Å². The Morgan fingerprint density at radius 2 is 2.00 bits per heavy atom. The molecule has 1 aromatic carbocycles. The summed E-state index contributed by atoms with van der Waals surface area (Å²) in [7, 11) is 0. The van der Waals surface area contributed by atoms with Gasteiger partial charge in [-0.05, 0) is 54.3 Å². The van der Waals surface area contributed by atoms with Crippen LogP contribution in [0.15, 0.2) is 18.2 Å². The van der Waals surface area contributed by atoms with Gasteiger partial charge in [-0.25, -0.2) is 4.68 Å². The lowest BCUT2D eigenvalue weighted by Gasteiger charge is -2.39. The Morgan fingerprint density at radius 1 is 1.21 bits per heavy atom. The zero-order valence-corrected chi connectivity index (χ0v) is 18.3. The van der Waals surface area contributed by atoms with Crippen molar-refractivity contribution in [2.75, 3.05) is 37.7 Å². The van der Waals surface area contributed by atoms with Crippen LogP contribution in [-0.4, -0.2) is 59.1 Å². The molecule has 7 heteroatoms. The van der Waals surface area contributed by atoms with Crippen LogP contribution >= 0.6 is 0 Å². The fourth-order valence-electron chi connectivity index (χ4n) is 4.92. The van der Waals surface area contributed by atoms with Gasteiger partial charge in [-0.3, -0.25) is 0 Å². The third-order valence-electron chi connectivity index (χ3n) is 6.67. The Bertz CT molecular complexity index is 805. The van der Waals surface area contributed by atoms with Crippen LogP contribution in [0.1, 0.15) is 49.7 Å². The van der Waals surface area contributed by atoms with Gasteiger partial charge in [0.2, 0.25) is 5.82 Å². The zero-order valence-electron chi connectivity index (χ0n) is 18.3. The number of hydrogen-bond donors (Lipinski definition) is 1. The third kappa shape index (κ3) is 4.31. The summed E-state index contributed by atoms with van der Waals surface area (Å²) in [5.74, 6) is 1.50. The molecule has 0 aliphatic carbocycles. The number of aromatic nitrogens is 4. The molecule has 2 fully saturated rings. The first-order chi connectivity index (χ1) is 14.0. The second-order valence-electron chi connectivity index (χ2n) is 8.94. The average Bonchev–Trinajstić information content (AvgIpc) is 3.38. The molecule has 7 nitrogen and oxygen atoms in total. The highest BCUT2D eigenvalue weighted by atomic mass is 16.5. The summed E-state index contributed by atoms with van der Waals surface area (Å²) < 4.78 is 7.83. The minimum atomic E-state index is 0.251. The lowest BCUT2D eigenvalue weighted by atomic mass is 10.00. The minimum Gasteiger partial charge on any atom is -0.376 e. The fraction of sp³-hybridized carbons (Fsp3) is 0.682. The number of hydrogen-bond acceptors (Lipinski definition) is 5. The van der Waals surface area contributed by atoms with Gasteiger partial charge in [-0.1, -0.05) is 26.0 Å². The number of nitrogens with one attached hydrogen (secondary N) is 1. The number of nitrogens with zero attached hydrogens (tertiary/aromatic N) is 5. The van der Waals surface area contributed by atoms with Gasteiger partial charge in [0.25, 0.3) is 0 Å². The summed E-state index contributed by atoms with van der Waals surface area (Å²) in [5.41, 5.74) is 4.15. The van der Waals surface area contributed by atoms with Crippen molar-refractivity contribution in [3.8, 4) is 0 Å². The van der Waals surface area contributed by atoms with Gasteiger partial charge in [-0.15, -0.1) is 5.10 Å². The largest absolute Gasteiger partial charge is 0.376 e. The predicted octanol–water partition coefficient (Wildman–Crippen LogP) is 1.57. The molecular weight excluding hydrogens is 364 g/mol. The molecule has 0 radical (unpaired) electrons. The number of ether oxygens (including phenoxy) is 1. The normalized spacial score (nSPS) is 21.8. The van der Waals surface area contributed by atoms with Gasteiger partial charge in [0.1, 0.15) is 0 Å². The molecule has 2 atom stereocenters. The standard InChI is InChI=1S/C22H34N6O/c1-16(2)21(22-23-24-25-28(22)15-19-8-6-14-29-19)27-12-10-26(11-13-27)20-9-5-7-17(3)18(20)4/h5,7,9,16,19,21H,6,8,10-15H2,1-4H3/p+1/t19-,21+/m1/s1. The molecule has 0 amide bonds. The van der Waals surface area contributed by atoms with E-state index < -0.39 is 0 Å². The Balaban J connectivity index is 1.47. The molecule has 1 N–H and O–H groups in total. The Morgan fingerprint density at radius 3 is 2.69 bits per heavy atom. The Kier molecular flexibility index (Phi) is 6.15. The van der Waals surface area contributed by atoms with Crippen molar-refractivity contribution in [2.24, 2.45) is 5.92 Å². The van der Waals surface area contributed by atoms with E-state index in [9.17, 15) is 0 Å². The molecule has 3 heterocycles. The third-order valence-corrected chi connectivity index (χ3v) is 6.67. The molecule has 2 aliphatic heterocycles. The van der Waals surface area contributed by atoms with E-state index in [4.69, 9.17) is 4.74 Å². The number of tetrazole rings is 1. The van der Waals surface area contributed by atoms with E-state index in [2.05, 4.69) is 66.3 Å². The predicted molar refractivity (Wildman–Crippen MR) is 113 cm³/mol. The van der Waals surface area contributed by atoms with Gasteiger partial charge in [0, 0.05) is 18.2 Å². The van der Waals surface area contributed by atoms with E-state index in [1.54, 1.807) is 4.90 Å². The van der Waals surface area contributed by atoms with Crippen molar-refractivity contribution in [1.82, 2.24) is 20.2 Å². The van der Waals surface area contributed by atoms with Crippen LogP contribution in [0, 0.1) is 19.8 Å². The van der Waals surface area contributed by atoms with Gasteiger partial charge in [0.15, 0.2) is 6.04 Å². The number of aryl methyl sites for hydroxylation is 1. The molecule has 0 saturated carbocycles. The maximum Gasteiger partial charge on any atom is 0.209 e. The van der Waals surface area contributed by atoms with Crippen molar-refractivity contribution in [2.45, 2.75) is 59.2 Å². The summed E-state index contributed by atoms with van der Waals surface area (Å²) in [6.07, 6.45) is 2.50. The molecule has 29 heavy (non-hydrogen) atoms. The zero-order chi connectivity index (χ0) is 20.4. The summed E-state index contributed by atoms with van der Waals surface area (Å²) in [6.45, 7) is 15.0. The lowest BCUT2D eigenvalue weighted by Crippen LogP contribution is -3.15. The Hall–Kier alpha value is -1.99. The van der Waals surface area contributed by atoms with Crippen LogP contribution in [0.4, 0.5) is 5.69 Å². The highest BCUT2D eigenvalue weighted by Gasteiger charge is 2.36. The minimum absolute atomic E-state index is 0.251. The maximum absolute atomic E-state index is 5.82. The number of quaternary nitrogens is 1. The molecule has 0 bridgehead atoms. The SMILES string of the molecule is Cc1cccc(N2CC[NH+]([C@H](c3nnnn3C[C@H]3CCCO3)C(C)C)CC2)c1C. The van der Waals surface area contributed by atoms with E-state index >= 15 is 0 Å². The van der Waals surface area contributed by atoms with Crippen molar-refractivity contribution in [3.63, 3.8) is 0 Å². The smallest absolute Gasteiger partial charge is 0.209 e. The topological polar surface area (TPSA) is 60.5 Å². The molecule has 0 spiro atoms. The first kappa shape index (κ1) is 20.3.